The van der Waals surface area contributed by atoms with Crippen molar-refractivity contribution in [3.05, 3.63) is 11.6 Å². The van der Waals surface area contributed by atoms with Crippen molar-refractivity contribution in [3.63, 3.8) is 0 Å². The molecular weight excluding hydrogens is 532 g/mol. The predicted molar refractivity (Wildman–Crippen MR) is 160 cm³/mol. The van der Waals surface area contributed by atoms with E-state index in [2.05, 4.69) is 64.6 Å². The number of amides is 4. The molecule has 0 spiro atoms. The number of nitrogens with one attached hydrogen (secondary N) is 3. The van der Waals surface area contributed by atoms with Crippen molar-refractivity contribution in [1.29, 1.82) is 0 Å². The molecule has 0 aliphatic heterocycles. The molecule has 5 rings (SSSR count). The number of hydrogen-bond donors (Lipinski definition) is 4. The van der Waals surface area contributed by atoms with Crippen LogP contribution in [0.5, 0.6) is 0 Å². The molecule has 9 heteroatoms. The summed E-state index contributed by atoms with van der Waals surface area (Å²) in [6.45, 7) is 17.5. The molecule has 4 fully saturated rings. The van der Waals surface area contributed by atoms with E-state index in [1.807, 2.05) is 6.08 Å². The highest BCUT2D eigenvalue weighted by molar-refractivity contribution is 5.95. The summed E-state index contributed by atoms with van der Waals surface area (Å²) >= 11 is 0. The zero-order valence-electron chi connectivity index (χ0n) is 26.9. The first-order valence-corrected chi connectivity index (χ1v) is 15.9. The highest BCUT2D eigenvalue weighted by atomic mass is 16.5. The van der Waals surface area contributed by atoms with Crippen LogP contribution in [-0.2, 0) is 14.3 Å². The Hall–Kier alpha value is -2.58. The van der Waals surface area contributed by atoms with Gasteiger partial charge in [-0.15, -0.1) is 0 Å². The highest BCUT2D eigenvalue weighted by Crippen LogP contribution is 2.74. The number of ketones is 1. The van der Waals surface area contributed by atoms with Gasteiger partial charge in [-0.2, -0.15) is 0 Å². The zero-order chi connectivity index (χ0) is 31.1. The van der Waals surface area contributed by atoms with Crippen LogP contribution in [0.3, 0.4) is 0 Å². The van der Waals surface area contributed by atoms with Crippen LogP contribution in [0, 0.1) is 44.8 Å². The normalized spacial score (nSPS) is 45.5. The Morgan fingerprint density at radius 2 is 1.57 bits per heavy atom. The second-order valence-electron chi connectivity index (χ2n) is 16.3. The number of primary amides is 1. The molecule has 0 bridgehead atoms. The summed E-state index contributed by atoms with van der Waals surface area (Å²) in [7, 11) is 0. The number of allylic oxidation sites excluding steroid dienone is 2. The lowest BCUT2D eigenvalue weighted by Crippen LogP contribution is -2.67. The lowest BCUT2D eigenvalue weighted by Gasteiger charge is -2.70. The SMILES string of the molecule is CC(=O)OC1CC[C@]2(C)[C@H]3C(=O)C=C4[C@@H]5C[C@@](C)(NC(=O)NNC(N)=O)CC[C@]5(C)CC[C@@]4(C)[C@]3(C)CC[C@H]2C1(C)C. The molecular formula is C33H52N4O5. The van der Waals surface area contributed by atoms with Gasteiger partial charge in [0, 0.05) is 23.8 Å². The minimum atomic E-state index is -0.824. The standard InChI is InChI=1S/C33H52N4O5/c1-19(38)42-24-10-11-31(6)23(28(24,2)3)9-12-33(8)25(31)22(39)17-20-21-18-30(5,35-27(41)37-36-26(34)40)15-13-29(21,4)14-16-32(20,33)7/h17,21,23-25H,9-16,18H2,1-8H3,(H3,34,36,40)(H2,35,37,41)/t21-,23-,24?,25+,29+,30-,31-,32+,33+/m0/s1. The molecule has 234 valence electrons. The monoisotopic (exact) mass is 584 g/mol. The molecule has 0 heterocycles. The Morgan fingerprint density at radius 1 is 0.905 bits per heavy atom. The average molecular weight is 585 g/mol. The first-order chi connectivity index (χ1) is 19.3. The predicted octanol–water partition coefficient (Wildman–Crippen LogP) is 5.53. The topological polar surface area (TPSA) is 140 Å². The van der Waals surface area contributed by atoms with Crippen molar-refractivity contribution >= 4 is 23.8 Å². The van der Waals surface area contributed by atoms with Crippen molar-refractivity contribution < 1.29 is 23.9 Å². The fraction of sp³-hybridized carbons (Fsp3) is 0.818. The smallest absolute Gasteiger partial charge is 0.333 e. The fourth-order valence-corrected chi connectivity index (χ4v) is 11.1. The van der Waals surface area contributed by atoms with Crippen LogP contribution in [0.25, 0.3) is 0 Å². The van der Waals surface area contributed by atoms with E-state index in [-0.39, 0.29) is 62.7 Å². The maximum Gasteiger partial charge on any atom is 0.333 e. The van der Waals surface area contributed by atoms with Crippen molar-refractivity contribution in [1.82, 2.24) is 16.2 Å². The van der Waals surface area contributed by atoms with Crippen LogP contribution in [0.15, 0.2) is 11.6 Å². The second kappa shape index (κ2) is 9.71. The summed E-state index contributed by atoms with van der Waals surface area (Å²) < 4.78 is 5.84. The number of fused-ring (bicyclic) bond motifs is 7. The van der Waals surface area contributed by atoms with Crippen LogP contribution in [0.4, 0.5) is 9.59 Å². The zero-order valence-corrected chi connectivity index (χ0v) is 26.9. The van der Waals surface area contributed by atoms with Gasteiger partial charge in [0.1, 0.15) is 6.10 Å². The summed E-state index contributed by atoms with van der Waals surface area (Å²) in [5.74, 6) is 0.395. The van der Waals surface area contributed by atoms with Gasteiger partial charge in [-0.1, -0.05) is 47.1 Å². The summed E-state index contributed by atoms with van der Waals surface area (Å²) in [6, 6.07) is -1.31. The average Bonchev–Trinajstić information content (AvgIpc) is 2.86. The first-order valence-electron chi connectivity index (χ1n) is 15.9. The number of nitrogens with two attached hydrogens (primary N) is 1. The number of urea groups is 2. The molecule has 42 heavy (non-hydrogen) atoms. The van der Waals surface area contributed by atoms with Gasteiger partial charge in [-0.3, -0.25) is 9.59 Å². The van der Waals surface area contributed by atoms with E-state index in [1.54, 1.807) is 0 Å². The van der Waals surface area contributed by atoms with E-state index in [9.17, 15) is 19.2 Å². The Kier molecular flexibility index (Phi) is 7.14. The molecule has 0 radical (unpaired) electrons. The van der Waals surface area contributed by atoms with Crippen molar-refractivity contribution in [2.75, 3.05) is 0 Å². The molecule has 5 aliphatic rings. The van der Waals surface area contributed by atoms with Crippen LogP contribution in [0.2, 0.25) is 0 Å². The lowest BCUT2D eigenvalue weighted by molar-refractivity contribution is -0.210. The fourth-order valence-electron chi connectivity index (χ4n) is 11.1. The van der Waals surface area contributed by atoms with E-state index < -0.39 is 17.6 Å². The third-order valence-electron chi connectivity index (χ3n) is 13.5. The summed E-state index contributed by atoms with van der Waals surface area (Å²) in [5, 5.41) is 3.09. The third-order valence-corrected chi connectivity index (χ3v) is 13.5. The van der Waals surface area contributed by atoms with E-state index in [1.165, 1.54) is 12.5 Å². The van der Waals surface area contributed by atoms with Gasteiger partial charge in [0.15, 0.2) is 5.78 Å². The Bertz CT molecular complexity index is 1230. The number of carbonyl (C=O) groups is 4. The minimum Gasteiger partial charge on any atom is -0.462 e. The third kappa shape index (κ3) is 4.47. The van der Waals surface area contributed by atoms with Gasteiger partial charge in [0.2, 0.25) is 0 Å². The maximum absolute atomic E-state index is 14.5. The van der Waals surface area contributed by atoms with Gasteiger partial charge >= 0.3 is 18.0 Å². The number of esters is 1. The largest absolute Gasteiger partial charge is 0.462 e. The molecule has 0 saturated heterocycles. The Balaban J connectivity index is 1.49. The number of hydrazine groups is 1. The van der Waals surface area contributed by atoms with Gasteiger partial charge in [0.25, 0.3) is 0 Å². The summed E-state index contributed by atoms with van der Waals surface area (Å²) in [6.07, 6.45) is 10.2. The minimum absolute atomic E-state index is 0.0587. The molecule has 5 aliphatic carbocycles. The molecule has 0 aromatic heterocycles. The highest BCUT2D eigenvalue weighted by Gasteiger charge is 2.70. The molecule has 9 atom stereocenters. The second-order valence-corrected chi connectivity index (χ2v) is 16.3. The Morgan fingerprint density at radius 3 is 2.21 bits per heavy atom. The quantitative estimate of drug-likeness (QED) is 0.249. The first kappa shape index (κ1) is 30.9. The van der Waals surface area contributed by atoms with Gasteiger partial charge < -0.3 is 15.8 Å². The summed E-state index contributed by atoms with van der Waals surface area (Å²) in [5.41, 5.74) is 9.74. The van der Waals surface area contributed by atoms with Crippen LogP contribution < -0.4 is 21.9 Å². The molecule has 1 unspecified atom stereocenters. The maximum atomic E-state index is 14.5. The molecule has 4 amide bonds. The van der Waals surface area contributed by atoms with Crippen molar-refractivity contribution in [2.45, 2.75) is 125 Å². The van der Waals surface area contributed by atoms with Gasteiger partial charge in [-0.25, -0.2) is 20.4 Å². The van der Waals surface area contributed by atoms with Crippen LogP contribution in [-0.4, -0.2) is 35.5 Å². The van der Waals surface area contributed by atoms with E-state index >= 15 is 0 Å². The van der Waals surface area contributed by atoms with Crippen LogP contribution in [0.1, 0.15) is 113 Å². The molecule has 5 N–H and O–H groups in total. The number of rotatable bonds is 2. The van der Waals surface area contributed by atoms with Crippen LogP contribution >= 0.6 is 0 Å². The van der Waals surface area contributed by atoms with Crippen molar-refractivity contribution in [3.8, 4) is 0 Å². The van der Waals surface area contributed by atoms with E-state index in [0.717, 1.165) is 57.8 Å². The molecule has 4 saturated carbocycles. The molecule has 9 nitrogen and oxygen atoms in total. The van der Waals surface area contributed by atoms with Gasteiger partial charge in [0.05, 0.1) is 0 Å². The Labute approximate surface area is 250 Å². The van der Waals surface area contributed by atoms with E-state index in [0.29, 0.717) is 0 Å². The van der Waals surface area contributed by atoms with Gasteiger partial charge in [-0.05, 0) is 104 Å². The lowest BCUT2D eigenvalue weighted by atomic mass is 9.33. The van der Waals surface area contributed by atoms with Crippen molar-refractivity contribution in [2.24, 2.45) is 50.6 Å². The van der Waals surface area contributed by atoms with E-state index in [4.69, 9.17) is 10.5 Å². The summed E-state index contributed by atoms with van der Waals surface area (Å²) in [4.78, 5) is 50.2. The number of ether oxygens (including phenoxy) is 1. The number of hydrogen-bond acceptors (Lipinski definition) is 5. The molecule has 0 aromatic rings. The number of carbonyl (C=O) groups excluding carboxylic acids is 4. The molecule has 0 aromatic carbocycles.